The van der Waals surface area contributed by atoms with Crippen molar-refractivity contribution in [1.29, 1.82) is 0 Å². The summed E-state index contributed by atoms with van der Waals surface area (Å²) in [6.45, 7) is 4.11. The van der Waals surface area contributed by atoms with Crippen LogP contribution in [0.15, 0.2) is 18.2 Å². The van der Waals surface area contributed by atoms with Crippen molar-refractivity contribution in [1.82, 2.24) is 5.32 Å². The van der Waals surface area contributed by atoms with Gasteiger partial charge in [-0.1, -0.05) is 25.0 Å². The average Bonchev–Trinajstić information content (AvgIpc) is 3.07. The molecule has 1 fully saturated rings. The van der Waals surface area contributed by atoms with Gasteiger partial charge in [0.2, 0.25) is 0 Å². The maximum atomic E-state index is 12.1. The molecule has 2 unspecified atom stereocenters. The summed E-state index contributed by atoms with van der Waals surface area (Å²) >= 11 is 0. The Labute approximate surface area is 102 Å². The first-order valence-corrected chi connectivity index (χ1v) is 6.03. The number of hydrazine groups is 1. The highest BCUT2D eigenvalue weighted by Gasteiger charge is 2.36. The number of nitrogens with two attached hydrogens (primary N) is 1. The molecule has 0 saturated heterocycles. The van der Waals surface area contributed by atoms with Crippen LogP contribution in [0.3, 0.4) is 0 Å². The highest BCUT2D eigenvalue weighted by Crippen LogP contribution is 2.33. The Bertz CT molecular complexity index is 431. The number of hydrogen-bond donors (Lipinski definition) is 3. The van der Waals surface area contributed by atoms with E-state index < -0.39 is 0 Å². The Morgan fingerprint density at radius 3 is 2.88 bits per heavy atom. The number of aryl methyl sites for hydroxylation is 1. The molecule has 0 bridgehead atoms. The smallest absolute Gasteiger partial charge is 0.253 e. The number of carbonyl (C=O) groups excluding carboxylic acids is 1. The van der Waals surface area contributed by atoms with Gasteiger partial charge in [0, 0.05) is 6.04 Å². The molecule has 4 N–H and O–H groups in total. The van der Waals surface area contributed by atoms with Crippen LogP contribution < -0.4 is 16.6 Å². The molecule has 1 aliphatic carbocycles. The minimum atomic E-state index is -0.0393. The molecule has 0 aromatic heterocycles. The van der Waals surface area contributed by atoms with Crippen LogP contribution in [-0.2, 0) is 0 Å². The molecule has 92 valence electrons. The summed E-state index contributed by atoms with van der Waals surface area (Å²) in [5, 5.41) is 3.04. The van der Waals surface area contributed by atoms with Crippen molar-refractivity contribution < 1.29 is 4.79 Å². The molecular weight excluding hydrogens is 214 g/mol. The fourth-order valence-corrected chi connectivity index (χ4v) is 2.09. The van der Waals surface area contributed by atoms with E-state index in [1.165, 1.54) is 0 Å². The fourth-order valence-electron chi connectivity index (χ4n) is 2.09. The van der Waals surface area contributed by atoms with E-state index in [9.17, 15) is 4.79 Å². The van der Waals surface area contributed by atoms with E-state index >= 15 is 0 Å². The number of amides is 1. The number of hydrogen-bond acceptors (Lipinski definition) is 3. The Kier molecular flexibility index (Phi) is 3.33. The fraction of sp³-hybridized carbons (Fsp3) is 0.462. The molecule has 1 aromatic carbocycles. The third kappa shape index (κ3) is 2.58. The summed E-state index contributed by atoms with van der Waals surface area (Å²) in [5.74, 6) is 6.02. The third-order valence-corrected chi connectivity index (χ3v) is 3.34. The van der Waals surface area contributed by atoms with Crippen LogP contribution in [0.4, 0.5) is 5.69 Å². The van der Waals surface area contributed by atoms with E-state index in [1.807, 2.05) is 25.1 Å². The number of nitrogens with one attached hydrogen (secondary N) is 2. The van der Waals surface area contributed by atoms with E-state index in [0.29, 0.717) is 23.2 Å². The van der Waals surface area contributed by atoms with Crippen LogP contribution in [0.1, 0.15) is 35.7 Å². The average molecular weight is 233 g/mol. The van der Waals surface area contributed by atoms with Gasteiger partial charge < -0.3 is 10.7 Å². The minimum absolute atomic E-state index is 0.0393. The molecule has 0 radical (unpaired) electrons. The van der Waals surface area contributed by atoms with Crippen LogP contribution in [0, 0.1) is 12.8 Å². The zero-order valence-corrected chi connectivity index (χ0v) is 10.3. The van der Waals surface area contributed by atoms with Crippen molar-refractivity contribution in [2.75, 3.05) is 5.43 Å². The molecule has 0 aliphatic heterocycles. The molecule has 4 heteroatoms. The van der Waals surface area contributed by atoms with Crippen LogP contribution in [-0.4, -0.2) is 11.9 Å². The number of benzene rings is 1. The van der Waals surface area contributed by atoms with E-state index in [-0.39, 0.29) is 5.91 Å². The van der Waals surface area contributed by atoms with Crippen molar-refractivity contribution in [2.24, 2.45) is 11.8 Å². The Hall–Kier alpha value is -1.55. The van der Waals surface area contributed by atoms with Crippen LogP contribution in [0.2, 0.25) is 0 Å². The maximum absolute atomic E-state index is 12.1. The van der Waals surface area contributed by atoms with Gasteiger partial charge in [-0.15, -0.1) is 0 Å². The summed E-state index contributed by atoms with van der Waals surface area (Å²) in [7, 11) is 0. The molecule has 1 aliphatic rings. The lowest BCUT2D eigenvalue weighted by Crippen LogP contribution is -2.28. The highest BCUT2D eigenvalue weighted by molar-refractivity contribution is 6.00. The summed E-state index contributed by atoms with van der Waals surface area (Å²) in [6, 6.07) is 5.96. The summed E-state index contributed by atoms with van der Waals surface area (Å²) in [5.41, 5.74) is 4.90. The van der Waals surface area contributed by atoms with Gasteiger partial charge >= 0.3 is 0 Å². The van der Waals surface area contributed by atoms with Gasteiger partial charge in [-0.25, -0.2) is 0 Å². The van der Waals surface area contributed by atoms with Crippen molar-refractivity contribution >= 4 is 11.6 Å². The highest BCUT2D eigenvalue weighted by atomic mass is 16.1. The molecule has 2 rings (SSSR count). The van der Waals surface area contributed by atoms with Crippen molar-refractivity contribution in [3.05, 3.63) is 29.3 Å². The van der Waals surface area contributed by atoms with Crippen molar-refractivity contribution in [3.8, 4) is 0 Å². The SMILES string of the molecule is CCC1CC1NC(=O)c1cc(C)ccc1NN. The van der Waals surface area contributed by atoms with E-state index in [1.54, 1.807) is 0 Å². The second kappa shape index (κ2) is 4.75. The van der Waals surface area contributed by atoms with Gasteiger partial charge in [0.1, 0.15) is 0 Å². The normalized spacial score (nSPS) is 22.1. The van der Waals surface area contributed by atoms with Crippen molar-refractivity contribution in [3.63, 3.8) is 0 Å². The zero-order chi connectivity index (χ0) is 12.4. The van der Waals surface area contributed by atoms with Crippen LogP contribution in [0.25, 0.3) is 0 Å². The second-order valence-electron chi connectivity index (χ2n) is 4.68. The molecule has 4 nitrogen and oxygen atoms in total. The molecular formula is C13H19N3O. The van der Waals surface area contributed by atoms with Gasteiger partial charge in [0.05, 0.1) is 11.3 Å². The molecule has 17 heavy (non-hydrogen) atoms. The largest absolute Gasteiger partial charge is 0.349 e. The summed E-state index contributed by atoms with van der Waals surface area (Å²) in [4.78, 5) is 12.1. The molecule has 1 aromatic rings. The van der Waals surface area contributed by atoms with Gasteiger partial charge in [-0.2, -0.15) is 0 Å². The first-order chi connectivity index (χ1) is 8.15. The van der Waals surface area contributed by atoms with Crippen molar-refractivity contribution in [2.45, 2.75) is 32.7 Å². The zero-order valence-electron chi connectivity index (χ0n) is 10.3. The summed E-state index contributed by atoms with van der Waals surface area (Å²) < 4.78 is 0. The molecule has 2 atom stereocenters. The lowest BCUT2D eigenvalue weighted by atomic mass is 10.1. The molecule has 0 spiro atoms. The second-order valence-corrected chi connectivity index (χ2v) is 4.68. The van der Waals surface area contributed by atoms with Gasteiger partial charge in [0.15, 0.2) is 0 Å². The first kappa shape index (κ1) is 11.9. The van der Waals surface area contributed by atoms with Crippen LogP contribution in [0.5, 0.6) is 0 Å². The topological polar surface area (TPSA) is 67.2 Å². The predicted octanol–water partition coefficient (Wildman–Crippen LogP) is 1.81. The van der Waals surface area contributed by atoms with E-state index in [4.69, 9.17) is 5.84 Å². The number of anilines is 1. The maximum Gasteiger partial charge on any atom is 0.253 e. The van der Waals surface area contributed by atoms with Crippen LogP contribution >= 0.6 is 0 Å². The Morgan fingerprint density at radius 1 is 1.53 bits per heavy atom. The minimum Gasteiger partial charge on any atom is -0.349 e. The van der Waals surface area contributed by atoms with Gasteiger partial charge in [-0.3, -0.25) is 10.6 Å². The monoisotopic (exact) mass is 233 g/mol. The van der Waals surface area contributed by atoms with E-state index in [2.05, 4.69) is 17.7 Å². The quantitative estimate of drug-likeness (QED) is 0.549. The lowest BCUT2D eigenvalue weighted by molar-refractivity contribution is 0.0949. The lowest BCUT2D eigenvalue weighted by Gasteiger charge is -2.10. The Balaban J connectivity index is 2.10. The third-order valence-electron chi connectivity index (χ3n) is 3.34. The number of rotatable bonds is 4. The number of nitrogen functional groups attached to an aromatic ring is 1. The molecule has 0 heterocycles. The molecule has 1 saturated carbocycles. The standard InChI is InChI=1S/C13H19N3O/c1-3-9-7-12(9)15-13(17)10-6-8(2)4-5-11(10)16-14/h4-6,9,12,16H,3,7,14H2,1-2H3,(H,15,17). The predicted molar refractivity (Wildman–Crippen MR) is 68.6 cm³/mol. The van der Waals surface area contributed by atoms with Gasteiger partial charge in [-0.05, 0) is 31.4 Å². The Morgan fingerprint density at radius 2 is 2.29 bits per heavy atom. The first-order valence-electron chi connectivity index (χ1n) is 6.03. The molecule has 1 amide bonds. The van der Waals surface area contributed by atoms with Gasteiger partial charge in [0.25, 0.3) is 5.91 Å². The number of carbonyl (C=O) groups is 1. The van der Waals surface area contributed by atoms with E-state index in [0.717, 1.165) is 18.4 Å². The summed E-state index contributed by atoms with van der Waals surface area (Å²) in [6.07, 6.45) is 2.22.